The van der Waals surface area contributed by atoms with Crippen LogP contribution in [-0.2, 0) is 0 Å². The van der Waals surface area contributed by atoms with Crippen molar-refractivity contribution in [2.24, 2.45) is 0 Å². The molecule has 0 N–H and O–H groups in total. The van der Waals surface area contributed by atoms with Crippen LogP contribution in [0.2, 0.25) is 0 Å². The molecule has 0 aliphatic rings. The lowest BCUT2D eigenvalue weighted by molar-refractivity contribution is 0.627. The van der Waals surface area contributed by atoms with E-state index in [1.165, 1.54) is 149 Å². The molecule has 0 bridgehead atoms. The van der Waals surface area contributed by atoms with Gasteiger partial charge < -0.3 is 18.3 Å². The molecule has 0 atom stereocenters. The lowest BCUT2D eigenvalue weighted by atomic mass is 9.98. The van der Waals surface area contributed by atoms with Gasteiger partial charge in [0.2, 0.25) is 0 Å². The van der Waals surface area contributed by atoms with E-state index in [-0.39, 0.29) is 5.82 Å². The summed E-state index contributed by atoms with van der Waals surface area (Å²) in [5.74, 6) is -0.233. The highest BCUT2D eigenvalue weighted by Crippen LogP contribution is 2.42. The van der Waals surface area contributed by atoms with E-state index in [2.05, 4.69) is 328 Å². The molecule has 0 spiro atoms. The van der Waals surface area contributed by atoms with Crippen LogP contribution in [0.1, 0.15) is 5.56 Å². The second-order valence-electron chi connectivity index (χ2n) is 25.7. The SMILES string of the molecule is Fc1ccc(-n2c3ccccc3c3cc(-c4ccc(-c5ccc6c(c5)c5ccccc5n6-c5ccc6ccccc6c5)cc4)ccc32)cc1.N#Cc1ccc(-n2c3ccccc3c3cc(-c4ccc(-c5ccc6c(c5)c5ccccc5n6-c5ccc6ccccc6c5)cc4)ccc32)cc1. The first-order valence-electron chi connectivity index (χ1n) is 33.5. The maximum atomic E-state index is 13.8. The third-order valence-corrected chi connectivity index (χ3v) is 20.1. The molecule has 462 valence electrons. The molecule has 0 saturated heterocycles. The number of hydrogen-bond donors (Lipinski definition) is 0. The molecule has 0 aliphatic carbocycles. The van der Waals surface area contributed by atoms with Crippen molar-refractivity contribution in [2.45, 2.75) is 0 Å². The largest absolute Gasteiger partial charge is 0.309 e. The van der Waals surface area contributed by atoms with E-state index in [1.54, 1.807) is 0 Å². The molecule has 5 nitrogen and oxygen atoms in total. The van der Waals surface area contributed by atoms with Crippen molar-refractivity contribution < 1.29 is 4.39 Å². The van der Waals surface area contributed by atoms with Crippen LogP contribution >= 0.6 is 0 Å². The minimum atomic E-state index is -0.233. The van der Waals surface area contributed by atoms with Crippen molar-refractivity contribution in [3.63, 3.8) is 0 Å². The van der Waals surface area contributed by atoms with Gasteiger partial charge in [0.1, 0.15) is 5.82 Å². The van der Waals surface area contributed by atoms with E-state index >= 15 is 0 Å². The summed E-state index contributed by atoms with van der Waals surface area (Å²) in [6.07, 6.45) is 0. The minimum Gasteiger partial charge on any atom is -0.309 e. The van der Waals surface area contributed by atoms with Gasteiger partial charge in [-0.2, -0.15) is 5.26 Å². The van der Waals surface area contributed by atoms with E-state index in [1.807, 2.05) is 36.4 Å². The quantitative estimate of drug-likeness (QED) is 0.150. The van der Waals surface area contributed by atoms with Crippen molar-refractivity contribution in [1.82, 2.24) is 18.3 Å². The molecule has 0 amide bonds. The Bertz CT molecular complexity index is 6660. The van der Waals surface area contributed by atoms with E-state index in [9.17, 15) is 9.65 Å². The molecule has 16 aromatic carbocycles. The van der Waals surface area contributed by atoms with Crippen LogP contribution in [0.15, 0.2) is 352 Å². The first-order valence-corrected chi connectivity index (χ1v) is 33.5. The van der Waals surface area contributed by atoms with Gasteiger partial charge in [-0.05, 0) is 212 Å². The van der Waals surface area contributed by atoms with E-state index < -0.39 is 0 Å². The van der Waals surface area contributed by atoms with Crippen LogP contribution in [0.3, 0.4) is 0 Å². The van der Waals surface area contributed by atoms with Gasteiger partial charge in [-0.25, -0.2) is 4.39 Å². The summed E-state index contributed by atoms with van der Waals surface area (Å²) >= 11 is 0. The Morgan fingerprint density at radius 2 is 0.455 bits per heavy atom. The van der Waals surface area contributed by atoms with Crippen molar-refractivity contribution in [3.05, 3.63) is 363 Å². The fourth-order valence-electron chi connectivity index (χ4n) is 15.3. The lowest BCUT2D eigenvalue weighted by Gasteiger charge is -2.10. The maximum Gasteiger partial charge on any atom is 0.123 e. The fourth-order valence-corrected chi connectivity index (χ4v) is 15.3. The zero-order valence-electron chi connectivity index (χ0n) is 53.6. The number of halogens is 1. The topological polar surface area (TPSA) is 43.5 Å². The maximum absolute atomic E-state index is 13.8. The Labute approximate surface area is 569 Å². The normalized spacial score (nSPS) is 11.7. The molecule has 0 saturated carbocycles. The molecule has 0 fully saturated rings. The third-order valence-electron chi connectivity index (χ3n) is 20.1. The second-order valence-corrected chi connectivity index (χ2v) is 25.7. The number of nitrogens with zero attached hydrogens (tertiary/aromatic N) is 5. The number of hydrogen-bond acceptors (Lipinski definition) is 1. The predicted octanol–water partition coefficient (Wildman–Crippen LogP) is 24.7. The average Bonchev–Trinajstić information content (AvgIpc) is 1.62. The second kappa shape index (κ2) is 23.2. The van der Waals surface area contributed by atoms with Crippen LogP contribution in [0.25, 0.3) is 176 Å². The average molecular weight is 1260 g/mol. The predicted molar refractivity (Wildman–Crippen MR) is 412 cm³/mol. The molecular weight excluding hydrogens is 1210 g/mol. The summed E-state index contributed by atoms with van der Waals surface area (Å²) in [4.78, 5) is 0. The van der Waals surface area contributed by atoms with Crippen molar-refractivity contribution in [3.8, 4) is 73.3 Å². The number of para-hydroxylation sites is 4. The van der Waals surface area contributed by atoms with Crippen molar-refractivity contribution in [2.75, 3.05) is 0 Å². The molecule has 99 heavy (non-hydrogen) atoms. The Hall–Kier alpha value is -13.3. The summed E-state index contributed by atoms with van der Waals surface area (Å²) in [5.41, 5.74) is 23.8. The van der Waals surface area contributed by atoms with Gasteiger partial charge in [0.15, 0.2) is 0 Å². The van der Waals surface area contributed by atoms with Crippen LogP contribution in [0.4, 0.5) is 4.39 Å². The lowest BCUT2D eigenvalue weighted by Crippen LogP contribution is -1.93. The zero-order chi connectivity index (χ0) is 65.7. The Balaban J connectivity index is 0.000000138. The van der Waals surface area contributed by atoms with Crippen LogP contribution in [0, 0.1) is 17.1 Å². The van der Waals surface area contributed by atoms with Gasteiger partial charge >= 0.3 is 0 Å². The van der Waals surface area contributed by atoms with E-state index in [0.717, 1.165) is 39.0 Å². The zero-order valence-corrected chi connectivity index (χ0v) is 53.6. The molecule has 0 unspecified atom stereocenters. The molecule has 0 radical (unpaired) electrons. The Kier molecular flexibility index (Phi) is 13.4. The number of aromatic nitrogens is 4. The van der Waals surface area contributed by atoms with Gasteiger partial charge in [0.25, 0.3) is 0 Å². The van der Waals surface area contributed by atoms with Crippen molar-refractivity contribution in [1.29, 1.82) is 5.26 Å². The van der Waals surface area contributed by atoms with Gasteiger partial charge in [0.05, 0.1) is 55.8 Å². The van der Waals surface area contributed by atoms with Crippen LogP contribution in [0.5, 0.6) is 0 Å². The summed E-state index contributed by atoms with van der Waals surface area (Å²) in [6, 6.07) is 127. The van der Waals surface area contributed by atoms with Gasteiger partial charge in [-0.1, -0.05) is 206 Å². The first kappa shape index (κ1) is 57.1. The van der Waals surface area contributed by atoms with Gasteiger partial charge in [-0.3, -0.25) is 0 Å². The molecule has 6 heteroatoms. The molecule has 4 aromatic heterocycles. The van der Waals surface area contributed by atoms with E-state index in [0.29, 0.717) is 5.56 Å². The summed E-state index contributed by atoms with van der Waals surface area (Å²) < 4.78 is 23.0. The number of nitriles is 1. The van der Waals surface area contributed by atoms with Crippen LogP contribution in [-0.4, -0.2) is 18.3 Å². The number of fused-ring (bicyclic) bond motifs is 14. The van der Waals surface area contributed by atoms with Crippen LogP contribution < -0.4 is 0 Å². The highest BCUT2D eigenvalue weighted by Gasteiger charge is 2.19. The standard InChI is InChI=1S/C47H29N3.C46H29FN2/c48-30-31-13-22-38(23-14-31)49-44-11-5-3-9-40(44)42-28-36(20-25-46(42)49)33-15-17-34(18-16-33)37-21-26-47-43(29-37)41-10-4-6-12-45(41)50(47)39-24-19-32-7-1-2-8-35(32)27-39;47-36-20-23-37(24-21-36)48-43-11-5-3-9-39(43)41-28-34(18-25-45(41)48)31-13-15-32(16-14-31)35-19-26-46-42(29-35)40-10-4-6-12-44(40)49(46)38-22-17-30-7-1-2-8-33(30)27-38/h1-29H;1-29H. The number of rotatable bonds is 8. The summed E-state index contributed by atoms with van der Waals surface area (Å²) in [5, 5.41) is 24.0. The summed E-state index contributed by atoms with van der Waals surface area (Å²) in [6.45, 7) is 0. The van der Waals surface area contributed by atoms with Gasteiger partial charge in [0, 0.05) is 65.8 Å². The highest BCUT2D eigenvalue weighted by atomic mass is 19.1. The number of benzene rings is 16. The molecule has 20 rings (SSSR count). The minimum absolute atomic E-state index is 0.233. The third kappa shape index (κ3) is 9.66. The fraction of sp³-hybridized carbons (Fsp3) is 0. The first-order chi connectivity index (χ1) is 48.9. The molecule has 4 heterocycles. The monoisotopic (exact) mass is 1260 g/mol. The molecule has 0 aliphatic heterocycles. The van der Waals surface area contributed by atoms with Gasteiger partial charge in [-0.15, -0.1) is 0 Å². The highest BCUT2D eigenvalue weighted by molar-refractivity contribution is 6.14. The van der Waals surface area contributed by atoms with E-state index in [4.69, 9.17) is 0 Å². The molecule has 20 aromatic rings. The Morgan fingerprint density at radius 3 is 0.778 bits per heavy atom. The smallest absolute Gasteiger partial charge is 0.123 e. The molecular formula is C93H58FN5. The Morgan fingerprint density at radius 1 is 0.202 bits per heavy atom. The van der Waals surface area contributed by atoms with Crippen molar-refractivity contribution >= 4 is 109 Å². The summed E-state index contributed by atoms with van der Waals surface area (Å²) in [7, 11) is 0.